The Bertz CT molecular complexity index is 918. The topological polar surface area (TPSA) is 25.3 Å². The summed E-state index contributed by atoms with van der Waals surface area (Å²) in [5, 5.41) is 6.54. The fourth-order valence-corrected chi connectivity index (χ4v) is 4.43. The molecule has 0 amide bonds. The van der Waals surface area contributed by atoms with Gasteiger partial charge in [0.25, 0.3) is 0 Å². The molecule has 5 nitrogen and oxygen atoms in total. The first-order chi connectivity index (χ1) is 15.0. The summed E-state index contributed by atoms with van der Waals surface area (Å²) in [6.07, 6.45) is 4.00. The van der Waals surface area contributed by atoms with Gasteiger partial charge in [0.05, 0.1) is 6.04 Å². The molecule has 1 saturated heterocycles. The van der Waals surface area contributed by atoms with Crippen LogP contribution in [-0.2, 0) is 6.42 Å². The van der Waals surface area contributed by atoms with Crippen LogP contribution in [0.5, 0.6) is 0 Å². The van der Waals surface area contributed by atoms with E-state index in [9.17, 15) is 0 Å². The summed E-state index contributed by atoms with van der Waals surface area (Å²) in [5.74, 6) is 0.915. The van der Waals surface area contributed by atoms with E-state index in [1.165, 1.54) is 16.9 Å². The number of anilines is 3. The van der Waals surface area contributed by atoms with Gasteiger partial charge in [-0.2, -0.15) is 5.10 Å². The first-order valence-corrected chi connectivity index (χ1v) is 11.5. The van der Waals surface area contributed by atoms with Gasteiger partial charge in [0, 0.05) is 42.7 Å². The summed E-state index contributed by atoms with van der Waals surface area (Å²) in [6.45, 7) is 16.2. The van der Waals surface area contributed by atoms with Crippen molar-refractivity contribution in [3.63, 3.8) is 0 Å². The molecule has 0 bridgehead atoms. The van der Waals surface area contributed by atoms with Gasteiger partial charge < -0.3 is 9.80 Å². The maximum absolute atomic E-state index is 4.53. The van der Waals surface area contributed by atoms with Crippen molar-refractivity contribution in [2.45, 2.75) is 52.6 Å². The van der Waals surface area contributed by atoms with Crippen LogP contribution in [0.3, 0.4) is 0 Å². The largest absolute Gasteiger partial charge is 0.368 e. The number of rotatable bonds is 6. The van der Waals surface area contributed by atoms with Gasteiger partial charge in [0.2, 0.25) is 0 Å². The van der Waals surface area contributed by atoms with Crippen LogP contribution in [0.1, 0.15) is 39.7 Å². The van der Waals surface area contributed by atoms with Crippen LogP contribution in [0.25, 0.3) is 0 Å². The van der Waals surface area contributed by atoms with Crippen molar-refractivity contribution in [2.75, 3.05) is 34.3 Å². The lowest BCUT2D eigenvalue weighted by Gasteiger charge is -2.42. The van der Waals surface area contributed by atoms with Gasteiger partial charge in [-0.05, 0) is 68.7 Å². The third kappa shape index (κ3) is 4.27. The second kappa shape index (κ2) is 9.04. The van der Waals surface area contributed by atoms with Crippen molar-refractivity contribution < 1.29 is 0 Å². The SMILES string of the molecule is C=C1N(c2ccc(N3CCN(c4ccc(CC)cc4)C(C)C3)cc2)C=NN1C(C)CC. The first-order valence-electron chi connectivity index (χ1n) is 11.5. The highest BCUT2D eigenvalue weighted by Gasteiger charge is 2.26. The monoisotopic (exact) mass is 417 g/mol. The van der Waals surface area contributed by atoms with Crippen LogP contribution in [0.4, 0.5) is 17.1 Å². The summed E-state index contributed by atoms with van der Waals surface area (Å²) < 4.78 is 0. The Hall–Kier alpha value is -2.95. The van der Waals surface area contributed by atoms with Gasteiger partial charge in [0.1, 0.15) is 12.2 Å². The highest BCUT2D eigenvalue weighted by atomic mass is 15.6. The van der Waals surface area contributed by atoms with Gasteiger partial charge in [-0.15, -0.1) is 0 Å². The van der Waals surface area contributed by atoms with Crippen LogP contribution in [0, 0.1) is 0 Å². The second-order valence-electron chi connectivity index (χ2n) is 8.64. The van der Waals surface area contributed by atoms with Crippen molar-refractivity contribution in [3.05, 3.63) is 66.5 Å². The summed E-state index contributed by atoms with van der Waals surface area (Å²) in [5.41, 5.74) is 5.11. The zero-order valence-electron chi connectivity index (χ0n) is 19.3. The Morgan fingerprint density at radius 1 is 0.968 bits per heavy atom. The van der Waals surface area contributed by atoms with E-state index in [0.29, 0.717) is 12.1 Å². The molecule has 31 heavy (non-hydrogen) atoms. The molecule has 2 aromatic carbocycles. The van der Waals surface area contributed by atoms with Crippen LogP contribution < -0.4 is 14.7 Å². The molecule has 2 atom stereocenters. The quantitative estimate of drug-likeness (QED) is 0.637. The van der Waals surface area contributed by atoms with E-state index < -0.39 is 0 Å². The fourth-order valence-electron chi connectivity index (χ4n) is 4.43. The highest BCUT2D eigenvalue weighted by molar-refractivity contribution is 5.85. The van der Waals surface area contributed by atoms with Crippen LogP contribution in [0.2, 0.25) is 0 Å². The number of hydrogen-bond acceptors (Lipinski definition) is 5. The maximum atomic E-state index is 4.53. The van der Waals surface area contributed by atoms with Crippen molar-refractivity contribution >= 4 is 23.4 Å². The average molecular weight is 418 g/mol. The fraction of sp³-hybridized carbons (Fsp3) is 0.423. The van der Waals surface area contributed by atoms with Crippen LogP contribution >= 0.6 is 0 Å². The number of hydrogen-bond donors (Lipinski definition) is 0. The minimum atomic E-state index is 0.351. The average Bonchev–Trinajstić information content (AvgIpc) is 3.20. The lowest BCUT2D eigenvalue weighted by molar-refractivity contribution is 0.286. The summed E-state index contributed by atoms with van der Waals surface area (Å²) in [4.78, 5) is 7.08. The number of nitrogens with zero attached hydrogens (tertiary/aromatic N) is 5. The zero-order chi connectivity index (χ0) is 22.0. The smallest absolute Gasteiger partial charge is 0.128 e. The van der Waals surface area contributed by atoms with Crippen molar-refractivity contribution in [1.82, 2.24) is 5.01 Å². The normalized spacial score (nSPS) is 20.0. The Balaban J connectivity index is 1.40. The maximum Gasteiger partial charge on any atom is 0.128 e. The van der Waals surface area contributed by atoms with Crippen molar-refractivity contribution in [2.24, 2.45) is 5.10 Å². The predicted molar refractivity (Wildman–Crippen MR) is 133 cm³/mol. The number of hydrazone groups is 1. The molecule has 1 fully saturated rings. The molecule has 2 heterocycles. The van der Waals surface area contributed by atoms with Gasteiger partial charge in [-0.1, -0.05) is 32.6 Å². The molecule has 2 aliphatic heterocycles. The van der Waals surface area contributed by atoms with E-state index in [0.717, 1.165) is 44.0 Å². The molecular weight excluding hydrogens is 382 g/mol. The molecule has 2 aliphatic rings. The molecule has 0 spiro atoms. The van der Waals surface area contributed by atoms with Crippen molar-refractivity contribution in [3.8, 4) is 0 Å². The minimum Gasteiger partial charge on any atom is -0.368 e. The molecule has 0 N–H and O–H groups in total. The molecule has 0 saturated carbocycles. The first kappa shape index (κ1) is 21.3. The molecule has 0 aliphatic carbocycles. The van der Waals surface area contributed by atoms with E-state index in [1.807, 2.05) is 11.3 Å². The lowest BCUT2D eigenvalue weighted by Crippen LogP contribution is -2.52. The van der Waals surface area contributed by atoms with Crippen molar-refractivity contribution in [1.29, 1.82) is 0 Å². The van der Waals surface area contributed by atoms with Gasteiger partial charge in [0.15, 0.2) is 0 Å². The lowest BCUT2D eigenvalue weighted by atomic mass is 10.1. The third-order valence-corrected chi connectivity index (χ3v) is 6.64. The molecule has 5 heteroatoms. The van der Waals surface area contributed by atoms with Gasteiger partial charge >= 0.3 is 0 Å². The number of benzene rings is 2. The third-order valence-electron chi connectivity index (χ3n) is 6.64. The van der Waals surface area contributed by atoms with Crippen LogP contribution in [-0.4, -0.2) is 43.1 Å². The standard InChI is InChI=1S/C26H35N5/c1-6-20(3)31-22(5)30(19-27-31)26-14-12-24(13-15-26)28-16-17-29(21(4)18-28)25-10-8-23(7-2)9-11-25/h8-15,19-21H,5-7,16-18H2,1-4H3. The summed E-state index contributed by atoms with van der Waals surface area (Å²) in [6, 6.07) is 18.7. The summed E-state index contributed by atoms with van der Waals surface area (Å²) in [7, 11) is 0. The van der Waals surface area contributed by atoms with Crippen LogP contribution in [0.15, 0.2) is 66.0 Å². The Kier molecular flexibility index (Phi) is 6.21. The molecule has 4 rings (SSSR count). The van der Waals surface area contributed by atoms with E-state index >= 15 is 0 Å². The van der Waals surface area contributed by atoms with E-state index in [4.69, 9.17) is 0 Å². The Labute approximate surface area is 187 Å². The molecule has 0 aromatic heterocycles. The second-order valence-corrected chi connectivity index (χ2v) is 8.64. The van der Waals surface area contributed by atoms with E-state index in [1.54, 1.807) is 0 Å². The van der Waals surface area contributed by atoms with E-state index in [-0.39, 0.29) is 0 Å². The molecular formula is C26H35N5. The van der Waals surface area contributed by atoms with Gasteiger partial charge in [-0.25, -0.2) is 5.01 Å². The predicted octanol–water partition coefficient (Wildman–Crippen LogP) is 5.30. The Morgan fingerprint density at radius 2 is 1.61 bits per heavy atom. The number of piperazine rings is 1. The molecule has 164 valence electrons. The summed E-state index contributed by atoms with van der Waals surface area (Å²) >= 11 is 0. The van der Waals surface area contributed by atoms with E-state index in [2.05, 4.69) is 103 Å². The molecule has 0 radical (unpaired) electrons. The number of aryl methyl sites for hydroxylation is 1. The molecule has 2 unspecified atom stereocenters. The molecule has 2 aromatic rings. The highest BCUT2D eigenvalue weighted by Crippen LogP contribution is 2.29. The minimum absolute atomic E-state index is 0.351. The van der Waals surface area contributed by atoms with Gasteiger partial charge in [-0.3, -0.25) is 4.90 Å². The Morgan fingerprint density at radius 3 is 2.23 bits per heavy atom. The zero-order valence-corrected chi connectivity index (χ0v) is 19.3.